The van der Waals surface area contributed by atoms with E-state index in [0.717, 1.165) is 32.5 Å². The lowest BCUT2D eigenvalue weighted by molar-refractivity contribution is 0.0939. The molecule has 1 aromatic heterocycles. The number of aliphatic hydroxyl groups excluding tert-OH is 1. The Morgan fingerprint density at radius 2 is 2.19 bits per heavy atom. The van der Waals surface area contributed by atoms with Crippen LogP contribution in [0.5, 0.6) is 0 Å². The molecule has 0 radical (unpaired) electrons. The van der Waals surface area contributed by atoms with Crippen LogP contribution in [-0.4, -0.2) is 63.7 Å². The van der Waals surface area contributed by atoms with Gasteiger partial charge in [-0.05, 0) is 31.9 Å². The summed E-state index contributed by atoms with van der Waals surface area (Å²) < 4.78 is 1.80. The molecule has 1 saturated heterocycles. The molecule has 1 aromatic carbocycles. The van der Waals surface area contributed by atoms with Gasteiger partial charge in [0, 0.05) is 19.6 Å². The minimum atomic E-state index is -0.301. The van der Waals surface area contributed by atoms with E-state index in [1.54, 1.807) is 10.9 Å². The maximum atomic E-state index is 11.9. The first-order chi connectivity index (χ1) is 13.2. The molecule has 27 heavy (non-hydrogen) atoms. The van der Waals surface area contributed by atoms with Crippen molar-refractivity contribution in [1.82, 2.24) is 25.2 Å². The Labute approximate surface area is 159 Å². The first kappa shape index (κ1) is 19.3. The van der Waals surface area contributed by atoms with Crippen LogP contribution < -0.4 is 5.32 Å². The van der Waals surface area contributed by atoms with Gasteiger partial charge in [-0.3, -0.25) is 9.69 Å². The third-order valence-electron chi connectivity index (χ3n) is 4.68. The monoisotopic (exact) mass is 369 g/mol. The second-order valence-electron chi connectivity index (χ2n) is 7.00. The number of nitrogens with zero attached hydrogens (tertiary/aromatic N) is 4. The maximum absolute atomic E-state index is 11.9. The number of hydrogen-bond acceptors (Lipinski definition) is 5. The van der Waals surface area contributed by atoms with Crippen molar-refractivity contribution >= 4 is 12.0 Å². The van der Waals surface area contributed by atoms with Gasteiger partial charge in [-0.1, -0.05) is 47.2 Å². The quantitative estimate of drug-likeness (QED) is 0.777. The molecule has 2 heterocycles. The number of carbonyl (C=O) groups excluding carboxylic acids is 1. The molecule has 1 aliphatic heterocycles. The van der Waals surface area contributed by atoms with E-state index in [2.05, 4.69) is 57.8 Å². The fourth-order valence-electron chi connectivity index (χ4n) is 3.44. The zero-order chi connectivity index (χ0) is 19.1. The number of carbonyl (C=O) groups is 1. The van der Waals surface area contributed by atoms with Crippen LogP contribution in [0.15, 0.2) is 42.1 Å². The molecule has 1 amide bonds. The molecule has 1 aliphatic rings. The number of aliphatic hydroxyl groups is 1. The summed E-state index contributed by atoms with van der Waals surface area (Å²) in [5.41, 5.74) is 2.84. The normalized spacial score (nSPS) is 18.4. The van der Waals surface area contributed by atoms with E-state index in [1.807, 2.05) is 6.07 Å². The minimum Gasteiger partial charge on any atom is -0.395 e. The molecule has 0 aliphatic carbocycles. The summed E-state index contributed by atoms with van der Waals surface area (Å²) in [4.78, 5) is 14.4. The van der Waals surface area contributed by atoms with Crippen LogP contribution in [0.1, 0.15) is 41.9 Å². The van der Waals surface area contributed by atoms with Crippen LogP contribution in [0.2, 0.25) is 0 Å². The van der Waals surface area contributed by atoms with Gasteiger partial charge in [0.15, 0.2) is 5.69 Å². The highest BCUT2D eigenvalue weighted by Gasteiger charge is 2.23. The molecular formula is C20H27N5O2. The number of aromatic nitrogens is 3. The summed E-state index contributed by atoms with van der Waals surface area (Å²) >= 11 is 0. The molecule has 0 saturated carbocycles. The Kier molecular flexibility index (Phi) is 6.73. The van der Waals surface area contributed by atoms with Gasteiger partial charge < -0.3 is 10.4 Å². The predicted molar refractivity (Wildman–Crippen MR) is 104 cm³/mol. The fourth-order valence-corrected chi connectivity index (χ4v) is 3.44. The lowest BCUT2D eigenvalue weighted by atomic mass is 10.0. The van der Waals surface area contributed by atoms with Crippen molar-refractivity contribution in [3.05, 3.63) is 53.4 Å². The van der Waals surface area contributed by atoms with E-state index in [0.29, 0.717) is 5.69 Å². The number of nitrogens with one attached hydrogen (secondary N) is 1. The Hall–Kier alpha value is -2.51. The number of rotatable bonds is 7. The largest absolute Gasteiger partial charge is 0.395 e. The minimum absolute atomic E-state index is 0.0900. The Balaban J connectivity index is 1.59. The van der Waals surface area contributed by atoms with Crippen molar-refractivity contribution in [1.29, 1.82) is 0 Å². The smallest absolute Gasteiger partial charge is 0.273 e. The van der Waals surface area contributed by atoms with Gasteiger partial charge >= 0.3 is 0 Å². The molecule has 1 atom stereocenters. The van der Waals surface area contributed by atoms with E-state index in [-0.39, 0.29) is 25.1 Å². The lowest BCUT2D eigenvalue weighted by Gasteiger charge is -2.32. The van der Waals surface area contributed by atoms with Crippen LogP contribution in [0, 0.1) is 0 Å². The summed E-state index contributed by atoms with van der Waals surface area (Å²) in [5, 5.41) is 19.5. The van der Waals surface area contributed by atoms with Crippen molar-refractivity contribution in [2.45, 2.75) is 25.8 Å². The van der Waals surface area contributed by atoms with Crippen molar-refractivity contribution < 1.29 is 9.90 Å². The lowest BCUT2D eigenvalue weighted by Crippen LogP contribution is -2.37. The molecule has 2 N–H and O–H groups in total. The predicted octanol–water partition coefficient (Wildman–Crippen LogP) is 1.74. The second kappa shape index (κ2) is 9.43. The standard InChI is InChI=1S/C20H27N5O2/c1-16(12-17-6-3-2-4-7-17)13-24-10-5-8-18(14-24)25-15-19(22-23-25)20(27)21-9-11-26/h2-4,6-7,12,15,18,26H,5,8-11,13-14H2,1H3,(H,21,27). The summed E-state index contributed by atoms with van der Waals surface area (Å²) in [5.74, 6) is -0.301. The van der Waals surface area contributed by atoms with Crippen molar-refractivity contribution in [2.24, 2.45) is 0 Å². The van der Waals surface area contributed by atoms with Crippen molar-refractivity contribution in [3.8, 4) is 0 Å². The van der Waals surface area contributed by atoms with Crippen LogP contribution in [-0.2, 0) is 0 Å². The van der Waals surface area contributed by atoms with Gasteiger partial charge in [0.2, 0.25) is 0 Å². The number of hydrogen-bond donors (Lipinski definition) is 2. The maximum Gasteiger partial charge on any atom is 0.273 e. The zero-order valence-electron chi connectivity index (χ0n) is 15.7. The number of benzene rings is 1. The van der Waals surface area contributed by atoms with Crippen molar-refractivity contribution in [2.75, 3.05) is 32.8 Å². The van der Waals surface area contributed by atoms with Crippen LogP contribution in [0.3, 0.4) is 0 Å². The van der Waals surface area contributed by atoms with Crippen LogP contribution >= 0.6 is 0 Å². The Morgan fingerprint density at radius 3 is 2.96 bits per heavy atom. The topological polar surface area (TPSA) is 83.3 Å². The first-order valence-corrected chi connectivity index (χ1v) is 9.41. The van der Waals surface area contributed by atoms with Gasteiger partial charge in [0.1, 0.15) is 0 Å². The molecule has 0 spiro atoms. The molecular weight excluding hydrogens is 342 g/mol. The highest BCUT2D eigenvalue weighted by Crippen LogP contribution is 2.22. The van der Waals surface area contributed by atoms with Crippen molar-refractivity contribution in [3.63, 3.8) is 0 Å². The highest BCUT2D eigenvalue weighted by molar-refractivity contribution is 5.91. The average Bonchev–Trinajstić information content (AvgIpc) is 3.17. The van der Waals surface area contributed by atoms with Gasteiger partial charge in [0.05, 0.1) is 18.8 Å². The zero-order valence-corrected chi connectivity index (χ0v) is 15.7. The average molecular weight is 369 g/mol. The van der Waals surface area contributed by atoms with Crippen LogP contribution in [0.25, 0.3) is 6.08 Å². The van der Waals surface area contributed by atoms with Gasteiger partial charge in [-0.15, -0.1) is 5.10 Å². The van der Waals surface area contributed by atoms with Crippen LogP contribution in [0.4, 0.5) is 0 Å². The summed E-state index contributed by atoms with van der Waals surface area (Å²) in [7, 11) is 0. The second-order valence-corrected chi connectivity index (χ2v) is 7.00. The molecule has 144 valence electrons. The van der Waals surface area contributed by atoms with Gasteiger partial charge in [-0.2, -0.15) is 0 Å². The Morgan fingerprint density at radius 1 is 1.37 bits per heavy atom. The van der Waals surface area contributed by atoms with Gasteiger partial charge in [-0.25, -0.2) is 4.68 Å². The summed E-state index contributed by atoms with van der Waals surface area (Å²) in [6.45, 7) is 5.17. The number of piperidine rings is 1. The molecule has 2 aromatic rings. The fraction of sp³-hybridized carbons (Fsp3) is 0.450. The third-order valence-corrected chi connectivity index (χ3v) is 4.68. The third kappa shape index (κ3) is 5.48. The molecule has 1 fully saturated rings. The molecule has 0 bridgehead atoms. The molecule has 1 unspecified atom stereocenters. The molecule has 3 rings (SSSR count). The Bertz CT molecular complexity index is 772. The summed E-state index contributed by atoms with van der Waals surface area (Å²) in [6, 6.07) is 10.6. The highest BCUT2D eigenvalue weighted by atomic mass is 16.3. The number of likely N-dealkylation sites (tertiary alicyclic amines) is 1. The van der Waals surface area contributed by atoms with Gasteiger partial charge in [0.25, 0.3) is 5.91 Å². The van der Waals surface area contributed by atoms with E-state index < -0.39 is 0 Å². The van der Waals surface area contributed by atoms with E-state index in [1.165, 1.54) is 11.1 Å². The first-order valence-electron chi connectivity index (χ1n) is 9.41. The number of amides is 1. The molecule has 7 nitrogen and oxygen atoms in total. The SMILES string of the molecule is CC(=Cc1ccccc1)CN1CCCC(n2cc(C(=O)NCCO)nn2)C1. The summed E-state index contributed by atoms with van der Waals surface area (Å²) in [6.07, 6.45) is 6.05. The van der Waals surface area contributed by atoms with E-state index >= 15 is 0 Å². The van der Waals surface area contributed by atoms with E-state index in [4.69, 9.17) is 5.11 Å². The molecule has 7 heteroatoms. The van der Waals surface area contributed by atoms with E-state index in [9.17, 15) is 4.79 Å².